The van der Waals surface area contributed by atoms with E-state index in [1.54, 1.807) is 24.3 Å². The molecular weight excluding hydrogens is 444 g/mol. The van der Waals surface area contributed by atoms with E-state index in [2.05, 4.69) is 0 Å². The average Bonchev–Trinajstić information content (AvgIpc) is 2.86. The van der Waals surface area contributed by atoms with E-state index in [0.29, 0.717) is 0 Å². The second kappa shape index (κ2) is 13.0. The molecule has 0 unspecified atom stereocenters. The second-order valence-electron chi connectivity index (χ2n) is 6.41. The van der Waals surface area contributed by atoms with Gasteiger partial charge in [-0.2, -0.15) is 8.42 Å². The molecule has 8 nitrogen and oxygen atoms in total. The summed E-state index contributed by atoms with van der Waals surface area (Å²) < 4.78 is 16.6. The van der Waals surface area contributed by atoms with Crippen LogP contribution in [0.15, 0.2) is 109 Å². The Morgan fingerprint density at radius 2 is 0.697 bits per heavy atom. The molecule has 9 heteroatoms. The van der Waals surface area contributed by atoms with Gasteiger partial charge in [-0.1, -0.05) is 60.7 Å². The van der Waals surface area contributed by atoms with Gasteiger partial charge in [0.05, 0.1) is 9.85 Å². The lowest BCUT2D eigenvalue weighted by Crippen LogP contribution is -1.86. The molecule has 0 N–H and O–H groups in total. The highest BCUT2D eigenvalue weighted by atomic mass is 32.1. The minimum Gasteiger partial charge on any atom is -0.258 e. The Labute approximate surface area is 193 Å². The van der Waals surface area contributed by atoms with Gasteiger partial charge in [0.2, 0.25) is 0 Å². The SMILES string of the molecule is O=S=O.O=[N+]([O-])c1ccc(-c2ccccc2)cc1.O=[N+]([O-])c1ccc(-c2ccccc2)cc1. The third-order valence-corrected chi connectivity index (χ3v) is 4.37. The maximum absolute atomic E-state index is 10.5. The maximum atomic E-state index is 10.5. The summed E-state index contributed by atoms with van der Waals surface area (Å²) in [7, 11) is 0. The van der Waals surface area contributed by atoms with Gasteiger partial charge in [0.1, 0.15) is 0 Å². The van der Waals surface area contributed by atoms with E-state index >= 15 is 0 Å². The van der Waals surface area contributed by atoms with E-state index in [1.807, 2.05) is 60.7 Å². The van der Waals surface area contributed by atoms with Crippen molar-refractivity contribution in [2.45, 2.75) is 0 Å². The number of non-ortho nitro benzene ring substituents is 2. The first-order valence-electron chi connectivity index (χ1n) is 9.47. The van der Waals surface area contributed by atoms with Gasteiger partial charge in [-0.15, -0.1) is 0 Å². The maximum Gasteiger partial charge on any atom is 0.335 e. The molecule has 0 aliphatic carbocycles. The van der Waals surface area contributed by atoms with Crippen LogP contribution in [-0.2, 0) is 11.6 Å². The van der Waals surface area contributed by atoms with E-state index in [1.165, 1.54) is 24.3 Å². The van der Waals surface area contributed by atoms with E-state index < -0.39 is 21.4 Å². The van der Waals surface area contributed by atoms with E-state index in [4.69, 9.17) is 8.42 Å². The molecule has 166 valence electrons. The zero-order valence-corrected chi connectivity index (χ0v) is 18.0. The second-order valence-corrected chi connectivity index (χ2v) is 6.54. The standard InChI is InChI=1S/2C12H9NO2.O2S/c2*14-13(15)12-8-6-11(7-9-12)10-4-2-1-3-5-10;1-3-2/h2*1-9H;. The number of hydrogen-bond acceptors (Lipinski definition) is 6. The number of hydrogen-bond donors (Lipinski definition) is 0. The molecule has 0 saturated carbocycles. The van der Waals surface area contributed by atoms with Crippen LogP contribution in [0.25, 0.3) is 22.3 Å². The van der Waals surface area contributed by atoms with E-state index in [9.17, 15) is 20.2 Å². The Bertz CT molecular complexity index is 1120. The molecule has 0 aromatic heterocycles. The van der Waals surface area contributed by atoms with Gasteiger partial charge in [-0.25, -0.2) is 0 Å². The van der Waals surface area contributed by atoms with Gasteiger partial charge in [0.15, 0.2) is 0 Å². The van der Waals surface area contributed by atoms with Crippen LogP contribution >= 0.6 is 0 Å². The van der Waals surface area contributed by atoms with Crippen LogP contribution in [0.2, 0.25) is 0 Å². The molecule has 4 aromatic carbocycles. The highest BCUT2D eigenvalue weighted by Crippen LogP contribution is 2.22. The molecule has 0 aliphatic rings. The van der Waals surface area contributed by atoms with Crippen molar-refractivity contribution in [2.75, 3.05) is 0 Å². The average molecular weight is 462 g/mol. The lowest BCUT2D eigenvalue weighted by molar-refractivity contribution is -0.385. The zero-order chi connectivity index (χ0) is 24.1. The summed E-state index contributed by atoms with van der Waals surface area (Å²) >= 11 is -0.750. The molecule has 4 aromatic rings. The number of rotatable bonds is 4. The fourth-order valence-corrected chi connectivity index (χ4v) is 2.81. The molecular formula is C24H18N2O6S. The number of nitrogens with zero attached hydrogens (tertiary/aromatic N) is 2. The molecule has 0 spiro atoms. The zero-order valence-electron chi connectivity index (χ0n) is 17.1. The third kappa shape index (κ3) is 7.93. The largest absolute Gasteiger partial charge is 0.335 e. The number of nitro benzene ring substituents is 2. The van der Waals surface area contributed by atoms with Crippen molar-refractivity contribution >= 4 is 22.9 Å². The molecule has 0 amide bonds. The Morgan fingerprint density at radius 1 is 0.455 bits per heavy atom. The summed E-state index contributed by atoms with van der Waals surface area (Å²) in [5, 5.41) is 20.9. The summed E-state index contributed by atoms with van der Waals surface area (Å²) in [5.74, 6) is 0. The first kappa shape index (κ1) is 24.8. The summed E-state index contributed by atoms with van der Waals surface area (Å²) in [5.41, 5.74) is 4.34. The first-order chi connectivity index (χ1) is 16.0. The fraction of sp³-hybridized carbons (Fsp3) is 0. The fourth-order valence-electron chi connectivity index (χ4n) is 2.81. The molecule has 0 atom stereocenters. The lowest BCUT2D eigenvalue weighted by atomic mass is 10.1. The molecule has 0 saturated heterocycles. The summed E-state index contributed by atoms with van der Waals surface area (Å²) in [6, 6.07) is 32.6. The van der Waals surface area contributed by atoms with Gasteiger partial charge >= 0.3 is 11.6 Å². The van der Waals surface area contributed by atoms with Gasteiger partial charge in [-0.3, -0.25) is 20.2 Å². The molecule has 0 heterocycles. The molecule has 4 rings (SSSR count). The third-order valence-electron chi connectivity index (χ3n) is 4.37. The van der Waals surface area contributed by atoms with Crippen molar-refractivity contribution in [3.8, 4) is 22.3 Å². The summed E-state index contributed by atoms with van der Waals surface area (Å²) in [6.45, 7) is 0. The Balaban J connectivity index is 0.000000209. The monoisotopic (exact) mass is 462 g/mol. The Kier molecular flexibility index (Phi) is 9.78. The van der Waals surface area contributed by atoms with Crippen LogP contribution in [0.3, 0.4) is 0 Å². The lowest BCUT2D eigenvalue weighted by Gasteiger charge is -1.99. The summed E-state index contributed by atoms with van der Waals surface area (Å²) in [4.78, 5) is 20.1. The van der Waals surface area contributed by atoms with Crippen LogP contribution in [-0.4, -0.2) is 18.3 Å². The van der Waals surface area contributed by atoms with Crippen molar-refractivity contribution in [3.05, 3.63) is 129 Å². The minimum absolute atomic E-state index is 0.120. The van der Waals surface area contributed by atoms with Crippen LogP contribution in [0, 0.1) is 20.2 Å². The smallest absolute Gasteiger partial charge is 0.258 e. The van der Waals surface area contributed by atoms with Crippen molar-refractivity contribution < 1.29 is 18.3 Å². The van der Waals surface area contributed by atoms with E-state index in [-0.39, 0.29) is 11.4 Å². The minimum atomic E-state index is -0.750. The van der Waals surface area contributed by atoms with Crippen LogP contribution in [0.5, 0.6) is 0 Å². The van der Waals surface area contributed by atoms with Gasteiger partial charge in [0.25, 0.3) is 11.4 Å². The highest BCUT2D eigenvalue weighted by molar-refractivity contribution is 7.51. The number of nitro groups is 2. The predicted octanol–water partition coefficient (Wildman–Crippen LogP) is 5.85. The van der Waals surface area contributed by atoms with Crippen molar-refractivity contribution in [1.29, 1.82) is 0 Å². The topological polar surface area (TPSA) is 120 Å². The van der Waals surface area contributed by atoms with Crippen molar-refractivity contribution in [1.82, 2.24) is 0 Å². The predicted molar refractivity (Wildman–Crippen MR) is 126 cm³/mol. The Hall–Kier alpha value is -4.50. The summed E-state index contributed by atoms with van der Waals surface area (Å²) in [6.07, 6.45) is 0. The van der Waals surface area contributed by atoms with Gasteiger partial charge < -0.3 is 0 Å². The number of benzene rings is 4. The van der Waals surface area contributed by atoms with Gasteiger partial charge in [-0.05, 0) is 46.5 Å². The van der Waals surface area contributed by atoms with Crippen LogP contribution in [0.4, 0.5) is 11.4 Å². The normalized spacial score (nSPS) is 9.33. The molecule has 0 fully saturated rings. The Morgan fingerprint density at radius 3 is 0.939 bits per heavy atom. The van der Waals surface area contributed by atoms with Crippen LogP contribution < -0.4 is 0 Å². The molecule has 0 radical (unpaired) electrons. The highest BCUT2D eigenvalue weighted by Gasteiger charge is 2.05. The first-order valence-corrected chi connectivity index (χ1v) is 10.1. The van der Waals surface area contributed by atoms with Crippen molar-refractivity contribution in [2.24, 2.45) is 0 Å². The molecule has 0 bridgehead atoms. The van der Waals surface area contributed by atoms with E-state index in [0.717, 1.165) is 22.3 Å². The molecule has 0 aliphatic heterocycles. The van der Waals surface area contributed by atoms with Crippen LogP contribution in [0.1, 0.15) is 0 Å². The molecule has 33 heavy (non-hydrogen) atoms. The van der Waals surface area contributed by atoms with Gasteiger partial charge in [0, 0.05) is 24.3 Å². The van der Waals surface area contributed by atoms with Crippen molar-refractivity contribution in [3.63, 3.8) is 0 Å². The quantitative estimate of drug-likeness (QED) is 0.277.